The van der Waals surface area contributed by atoms with Gasteiger partial charge in [0.15, 0.2) is 0 Å². The maximum absolute atomic E-state index is 13.3. The van der Waals surface area contributed by atoms with E-state index < -0.39 is 17.6 Å². The van der Waals surface area contributed by atoms with Crippen molar-refractivity contribution in [3.63, 3.8) is 0 Å². The molecule has 1 saturated heterocycles. The molecule has 0 radical (unpaired) electrons. The number of pyridine rings is 1. The SMILES string of the molecule is O=C(Nc1cc(C(F)(F)F)ccc1N1CCCC2CCCC[C@@H]21)c1ccncc1. The van der Waals surface area contributed by atoms with E-state index in [0.717, 1.165) is 37.9 Å². The number of aromatic nitrogens is 1. The number of hydrogen-bond acceptors (Lipinski definition) is 3. The summed E-state index contributed by atoms with van der Waals surface area (Å²) in [6.45, 7) is 0.796. The van der Waals surface area contributed by atoms with Gasteiger partial charge < -0.3 is 10.2 Å². The van der Waals surface area contributed by atoms with Gasteiger partial charge in [-0.3, -0.25) is 9.78 Å². The van der Waals surface area contributed by atoms with Gasteiger partial charge in [-0.2, -0.15) is 13.2 Å². The molecular formula is C22H24F3N3O. The summed E-state index contributed by atoms with van der Waals surface area (Å²) < 4.78 is 40.0. The number of amides is 1. The van der Waals surface area contributed by atoms with Crippen molar-refractivity contribution in [2.45, 2.75) is 50.7 Å². The zero-order chi connectivity index (χ0) is 20.4. The number of piperidine rings is 1. The Morgan fingerprint density at radius 3 is 2.52 bits per heavy atom. The molecule has 1 saturated carbocycles. The largest absolute Gasteiger partial charge is 0.416 e. The average molecular weight is 403 g/mol. The first-order valence-corrected chi connectivity index (χ1v) is 10.1. The second-order valence-corrected chi connectivity index (χ2v) is 7.87. The second kappa shape index (κ2) is 8.05. The summed E-state index contributed by atoms with van der Waals surface area (Å²) in [7, 11) is 0. The number of anilines is 2. The summed E-state index contributed by atoms with van der Waals surface area (Å²) in [6.07, 6.45) is 5.25. The fourth-order valence-electron chi connectivity index (χ4n) is 4.68. The minimum Gasteiger partial charge on any atom is -0.367 e. The summed E-state index contributed by atoms with van der Waals surface area (Å²) in [5, 5.41) is 2.72. The van der Waals surface area contributed by atoms with E-state index in [1.54, 1.807) is 12.1 Å². The van der Waals surface area contributed by atoms with Crippen LogP contribution in [0.1, 0.15) is 54.4 Å². The van der Waals surface area contributed by atoms with Crippen LogP contribution >= 0.6 is 0 Å². The third kappa shape index (κ3) is 4.23. The summed E-state index contributed by atoms with van der Waals surface area (Å²) in [4.78, 5) is 18.8. The number of rotatable bonds is 3. The lowest BCUT2D eigenvalue weighted by atomic mass is 9.78. The highest BCUT2D eigenvalue weighted by atomic mass is 19.4. The molecule has 4 nitrogen and oxygen atoms in total. The van der Waals surface area contributed by atoms with Gasteiger partial charge in [0, 0.05) is 30.5 Å². The van der Waals surface area contributed by atoms with Crippen LogP contribution in [0.5, 0.6) is 0 Å². The number of nitrogens with zero attached hydrogens (tertiary/aromatic N) is 2. The van der Waals surface area contributed by atoms with E-state index >= 15 is 0 Å². The van der Waals surface area contributed by atoms with Crippen molar-refractivity contribution in [2.24, 2.45) is 5.92 Å². The molecule has 2 atom stereocenters. The summed E-state index contributed by atoms with van der Waals surface area (Å²) in [6, 6.07) is 7.10. The van der Waals surface area contributed by atoms with Crippen LogP contribution in [-0.2, 0) is 6.18 Å². The highest BCUT2D eigenvalue weighted by molar-refractivity contribution is 6.06. The number of nitrogens with one attached hydrogen (secondary N) is 1. The van der Waals surface area contributed by atoms with Crippen molar-refractivity contribution < 1.29 is 18.0 Å². The molecule has 2 fully saturated rings. The van der Waals surface area contributed by atoms with E-state index in [0.29, 0.717) is 23.2 Å². The fourth-order valence-corrected chi connectivity index (χ4v) is 4.68. The Morgan fingerprint density at radius 2 is 1.76 bits per heavy atom. The quantitative estimate of drug-likeness (QED) is 0.735. The first-order valence-electron chi connectivity index (χ1n) is 10.1. The Labute approximate surface area is 168 Å². The average Bonchev–Trinajstić information content (AvgIpc) is 2.73. The molecule has 2 aromatic rings. The molecule has 1 unspecified atom stereocenters. The minimum atomic E-state index is -4.47. The number of fused-ring (bicyclic) bond motifs is 1. The number of alkyl halides is 3. The van der Waals surface area contributed by atoms with Gasteiger partial charge in [-0.1, -0.05) is 12.8 Å². The lowest BCUT2D eigenvalue weighted by molar-refractivity contribution is -0.137. The standard InChI is InChI=1S/C22H24F3N3O/c23-22(24,25)17-7-8-20(28-13-3-5-15-4-1-2-6-19(15)28)18(14-17)27-21(29)16-9-11-26-12-10-16/h7-12,14-15,19H,1-6,13H2,(H,27,29)/t15?,19-/m0/s1. The van der Waals surface area contributed by atoms with Crippen LogP contribution in [0, 0.1) is 5.92 Å². The molecule has 1 aromatic carbocycles. The fraction of sp³-hybridized carbons (Fsp3) is 0.455. The van der Waals surface area contributed by atoms with Gasteiger partial charge in [0.25, 0.3) is 5.91 Å². The van der Waals surface area contributed by atoms with E-state index in [9.17, 15) is 18.0 Å². The van der Waals surface area contributed by atoms with Gasteiger partial charge in [-0.15, -0.1) is 0 Å². The second-order valence-electron chi connectivity index (χ2n) is 7.87. The van der Waals surface area contributed by atoms with Crippen molar-refractivity contribution in [1.82, 2.24) is 4.98 Å². The summed E-state index contributed by atoms with van der Waals surface area (Å²) in [5.74, 6) is 0.133. The molecule has 0 spiro atoms. The molecule has 2 aliphatic rings. The number of carbonyl (C=O) groups excluding carboxylic acids is 1. The molecule has 4 rings (SSSR count). The normalized spacial score (nSPS) is 22.1. The summed E-state index contributed by atoms with van der Waals surface area (Å²) in [5.41, 5.74) is 0.492. The van der Waals surface area contributed by atoms with Gasteiger partial charge in [0.1, 0.15) is 0 Å². The molecule has 1 aromatic heterocycles. The Balaban J connectivity index is 1.70. The molecule has 0 bridgehead atoms. The summed E-state index contributed by atoms with van der Waals surface area (Å²) >= 11 is 0. The third-order valence-corrected chi connectivity index (χ3v) is 6.07. The first kappa shape index (κ1) is 19.7. The van der Waals surface area contributed by atoms with Crippen LogP contribution in [0.2, 0.25) is 0 Å². The first-order chi connectivity index (χ1) is 13.9. The highest BCUT2D eigenvalue weighted by Gasteiger charge is 2.36. The van der Waals surface area contributed by atoms with Crippen LogP contribution in [-0.4, -0.2) is 23.5 Å². The molecule has 1 N–H and O–H groups in total. The molecule has 2 heterocycles. The molecule has 1 amide bonds. The van der Waals surface area contributed by atoms with E-state index in [1.807, 2.05) is 0 Å². The van der Waals surface area contributed by atoms with E-state index in [-0.39, 0.29) is 5.69 Å². The Hall–Kier alpha value is -2.57. The van der Waals surface area contributed by atoms with Gasteiger partial charge >= 0.3 is 6.18 Å². The van der Waals surface area contributed by atoms with Crippen molar-refractivity contribution in [3.05, 3.63) is 53.9 Å². The van der Waals surface area contributed by atoms with Crippen molar-refractivity contribution in [1.29, 1.82) is 0 Å². The van der Waals surface area contributed by atoms with Crippen LogP contribution in [0.25, 0.3) is 0 Å². The Kier molecular flexibility index (Phi) is 5.48. The third-order valence-electron chi connectivity index (χ3n) is 6.07. The molecule has 1 aliphatic carbocycles. The highest BCUT2D eigenvalue weighted by Crippen LogP contribution is 2.42. The number of benzene rings is 1. The molecule has 29 heavy (non-hydrogen) atoms. The van der Waals surface area contributed by atoms with Gasteiger partial charge in [-0.05, 0) is 61.9 Å². The van der Waals surface area contributed by atoms with Gasteiger partial charge in [0.05, 0.1) is 16.9 Å². The van der Waals surface area contributed by atoms with Crippen LogP contribution in [0.15, 0.2) is 42.7 Å². The van der Waals surface area contributed by atoms with Crippen LogP contribution in [0.4, 0.5) is 24.5 Å². The van der Waals surface area contributed by atoms with Gasteiger partial charge in [-0.25, -0.2) is 0 Å². The zero-order valence-corrected chi connectivity index (χ0v) is 16.1. The monoisotopic (exact) mass is 403 g/mol. The minimum absolute atomic E-state index is 0.216. The van der Waals surface area contributed by atoms with E-state index in [1.165, 1.54) is 37.7 Å². The van der Waals surface area contributed by atoms with Crippen molar-refractivity contribution in [2.75, 3.05) is 16.8 Å². The maximum Gasteiger partial charge on any atom is 0.416 e. The topological polar surface area (TPSA) is 45.2 Å². The molecular weight excluding hydrogens is 379 g/mol. The van der Waals surface area contributed by atoms with Crippen molar-refractivity contribution in [3.8, 4) is 0 Å². The van der Waals surface area contributed by atoms with Gasteiger partial charge in [0.2, 0.25) is 0 Å². The number of carbonyl (C=O) groups is 1. The van der Waals surface area contributed by atoms with Crippen LogP contribution < -0.4 is 10.2 Å². The zero-order valence-electron chi connectivity index (χ0n) is 16.1. The predicted octanol–water partition coefficient (Wildman–Crippen LogP) is 5.51. The van der Waals surface area contributed by atoms with E-state index in [4.69, 9.17) is 0 Å². The predicted molar refractivity (Wildman–Crippen MR) is 106 cm³/mol. The molecule has 1 aliphatic heterocycles. The Bertz CT molecular complexity index is 867. The smallest absolute Gasteiger partial charge is 0.367 e. The maximum atomic E-state index is 13.3. The molecule has 7 heteroatoms. The lowest BCUT2D eigenvalue weighted by Gasteiger charge is -2.46. The Morgan fingerprint density at radius 1 is 1.03 bits per heavy atom. The van der Waals surface area contributed by atoms with Crippen LogP contribution in [0.3, 0.4) is 0 Å². The molecule has 154 valence electrons. The number of halogens is 3. The lowest BCUT2D eigenvalue weighted by Crippen LogP contribution is -2.47. The van der Waals surface area contributed by atoms with Crippen molar-refractivity contribution >= 4 is 17.3 Å². The number of hydrogen-bond donors (Lipinski definition) is 1. The van der Waals surface area contributed by atoms with E-state index in [2.05, 4.69) is 15.2 Å².